The number of nitrogens with one attached hydrogen (secondary N) is 1. The van der Waals surface area contributed by atoms with E-state index in [2.05, 4.69) is 15.3 Å². The first-order valence-corrected chi connectivity index (χ1v) is 11.6. The fourth-order valence-corrected chi connectivity index (χ4v) is 4.18. The molecule has 2 aromatic heterocycles. The number of carbonyl (C=O) groups excluding carboxylic acids is 2. The molecule has 1 amide bonds. The van der Waals surface area contributed by atoms with E-state index in [9.17, 15) is 14.4 Å². The van der Waals surface area contributed by atoms with Gasteiger partial charge in [-0.15, -0.1) is 5.10 Å². The minimum atomic E-state index is -0.378. The Hall–Kier alpha value is -3.43. The molecule has 3 aromatic rings. The molecule has 4 rings (SSSR count). The summed E-state index contributed by atoms with van der Waals surface area (Å²) in [7, 11) is 0. The van der Waals surface area contributed by atoms with Crippen LogP contribution in [0.1, 0.15) is 39.5 Å². The van der Waals surface area contributed by atoms with Crippen molar-refractivity contribution in [2.24, 2.45) is 5.92 Å². The van der Waals surface area contributed by atoms with Crippen LogP contribution in [0, 0.1) is 5.92 Å². The van der Waals surface area contributed by atoms with Gasteiger partial charge in [0.1, 0.15) is 6.54 Å². The molecule has 10 nitrogen and oxygen atoms in total. The van der Waals surface area contributed by atoms with Crippen molar-refractivity contribution in [3.63, 3.8) is 0 Å². The van der Waals surface area contributed by atoms with Gasteiger partial charge in [0.05, 0.1) is 23.6 Å². The fourth-order valence-electron chi connectivity index (χ4n) is 4.18. The second-order valence-electron chi connectivity index (χ2n) is 8.24. The zero-order valence-corrected chi connectivity index (χ0v) is 19.1. The van der Waals surface area contributed by atoms with Crippen molar-refractivity contribution >= 4 is 34.4 Å². The van der Waals surface area contributed by atoms with Crippen LogP contribution in [0.25, 0.3) is 16.7 Å². The molecule has 1 saturated heterocycles. The third-order valence-electron chi connectivity index (χ3n) is 5.95. The van der Waals surface area contributed by atoms with Crippen molar-refractivity contribution in [1.29, 1.82) is 0 Å². The number of amides is 1. The lowest BCUT2D eigenvalue weighted by molar-refractivity contribution is -0.148. The van der Waals surface area contributed by atoms with Crippen LogP contribution in [-0.2, 0) is 20.9 Å². The molecule has 0 unspecified atom stereocenters. The number of fused-ring (bicyclic) bond motifs is 3. The Morgan fingerprint density at radius 1 is 1.18 bits per heavy atom. The van der Waals surface area contributed by atoms with Gasteiger partial charge in [0.25, 0.3) is 0 Å². The highest BCUT2D eigenvalue weighted by Gasteiger charge is 2.29. The number of rotatable bonds is 8. The van der Waals surface area contributed by atoms with Crippen LogP contribution in [-0.4, -0.2) is 57.3 Å². The van der Waals surface area contributed by atoms with Gasteiger partial charge >= 0.3 is 11.7 Å². The number of nitrogens with zero attached hydrogens (tertiary/aromatic N) is 5. The molecule has 1 fully saturated rings. The number of benzene rings is 1. The molecule has 0 aliphatic carbocycles. The third kappa shape index (κ3) is 4.69. The summed E-state index contributed by atoms with van der Waals surface area (Å²) >= 11 is 0. The van der Waals surface area contributed by atoms with E-state index in [-0.39, 0.29) is 30.0 Å². The number of hydrogen-bond acceptors (Lipinski definition) is 7. The highest BCUT2D eigenvalue weighted by Crippen LogP contribution is 2.27. The summed E-state index contributed by atoms with van der Waals surface area (Å²) < 4.78 is 7.89. The lowest BCUT2D eigenvalue weighted by atomic mass is 9.97. The van der Waals surface area contributed by atoms with E-state index in [4.69, 9.17) is 9.72 Å². The average molecular weight is 455 g/mol. The van der Waals surface area contributed by atoms with Gasteiger partial charge in [0, 0.05) is 19.6 Å². The summed E-state index contributed by atoms with van der Waals surface area (Å²) in [5.74, 6) is 0.0360. The second kappa shape index (κ2) is 10.0. The Morgan fingerprint density at radius 3 is 2.67 bits per heavy atom. The van der Waals surface area contributed by atoms with Crippen LogP contribution in [0.5, 0.6) is 0 Å². The number of hydrogen-bond donors (Lipinski definition) is 1. The Balaban J connectivity index is 1.67. The highest BCUT2D eigenvalue weighted by molar-refractivity contribution is 5.83. The number of para-hydroxylation sites is 2. The molecule has 33 heavy (non-hydrogen) atoms. The topological polar surface area (TPSA) is 111 Å². The van der Waals surface area contributed by atoms with E-state index in [0.717, 1.165) is 12.8 Å². The van der Waals surface area contributed by atoms with Gasteiger partial charge in [-0.05, 0) is 38.3 Å². The Kier molecular flexibility index (Phi) is 6.90. The van der Waals surface area contributed by atoms with Crippen molar-refractivity contribution in [3.05, 3.63) is 34.7 Å². The molecule has 0 bridgehead atoms. The van der Waals surface area contributed by atoms with E-state index in [1.165, 1.54) is 9.08 Å². The van der Waals surface area contributed by atoms with Gasteiger partial charge < -0.3 is 15.0 Å². The molecule has 0 atom stereocenters. The number of carbonyl (C=O) groups is 2. The van der Waals surface area contributed by atoms with E-state index in [1.807, 2.05) is 31.2 Å². The van der Waals surface area contributed by atoms with Crippen molar-refractivity contribution < 1.29 is 14.3 Å². The van der Waals surface area contributed by atoms with Crippen molar-refractivity contribution in [3.8, 4) is 0 Å². The number of esters is 1. The summed E-state index contributed by atoms with van der Waals surface area (Å²) in [4.78, 5) is 44.5. The first kappa shape index (κ1) is 22.8. The minimum absolute atomic E-state index is 0.135. The minimum Gasteiger partial charge on any atom is -0.466 e. The lowest BCUT2D eigenvalue weighted by Gasteiger charge is -2.31. The van der Waals surface area contributed by atoms with Crippen molar-refractivity contribution in [2.75, 3.05) is 31.1 Å². The zero-order valence-electron chi connectivity index (χ0n) is 19.1. The first-order chi connectivity index (χ1) is 16.0. The van der Waals surface area contributed by atoms with Gasteiger partial charge in [-0.25, -0.2) is 18.9 Å². The largest absolute Gasteiger partial charge is 0.466 e. The highest BCUT2D eigenvalue weighted by atomic mass is 16.5. The normalized spacial score (nSPS) is 14.7. The van der Waals surface area contributed by atoms with Crippen LogP contribution in [0.3, 0.4) is 0 Å². The maximum Gasteiger partial charge on any atom is 0.351 e. The summed E-state index contributed by atoms with van der Waals surface area (Å²) in [6.45, 7) is 5.85. The number of ether oxygens (including phenoxy) is 1. The maximum atomic E-state index is 13.2. The molecule has 1 aliphatic rings. The van der Waals surface area contributed by atoms with Crippen LogP contribution in [0.4, 0.5) is 5.82 Å². The first-order valence-electron chi connectivity index (χ1n) is 11.6. The monoisotopic (exact) mass is 454 g/mol. The molecule has 0 spiro atoms. The van der Waals surface area contributed by atoms with E-state index >= 15 is 0 Å². The smallest absolute Gasteiger partial charge is 0.351 e. The van der Waals surface area contributed by atoms with E-state index in [1.54, 1.807) is 6.92 Å². The van der Waals surface area contributed by atoms with Gasteiger partial charge in [0.2, 0.25) is 11.6 Å². The summed E-state index contributed by atoms with van der Waals surface area (Å²) in [5.41, 5.74) is 1.34. The number of aromatic nitrogens is 4. The molecule has 1 aromatic carbocycles. The molecule has 0 radical (unpaired) electrons. The molecule has 1 aliphatic heterocycles. The van der Waals surface area contributed by atoms with Gasteiger partial charge in [0.15, 0.2) is 5.82 Å². The molecule has 3 heterocycles. The van der Waals surface area contributed by atoms with Crippen LogP contribution in [0.2, 0.25) is 0 Å². The molecule has 10 heteroatoms. The van der Waals surface area contributed by atoms with E-state index < -0.39 is 0 Å². The van der Waals surface area contributed by atoms with Crippen LogP contribution < -0.4 is 15.9 Å². The molecular formula is C23H30N6O4. The van der Waals surface area contributed by atoms with Crippen molar-refractivity contribution in [1.82, 2.24) is 24.5 Å². The SMILES string of the molecule is CCCCNC(=O)Cn1nc2c(N3CCC(C(=O)OCC)CC3)nc3ccccc3n2c1=O. The predicted molar refractivity (Wildman–Crippen MR) is 124 cm³/mol. The lowest BCUT2D eigenvalue weighted by Crippen LogP contribution is -2.37. The number of anilines is 1. The zero-order chi connectivity index (χ0) is 23.4. The van der Waals surface area contributed by atoms with Gasteiger partial charge in [-0.3, -0.25) is 9.59 Å². The van der Waals surface area contributed by atoms with E-state index in [0.29, 0.717) is 61.6 Å². The number of piperidine rings is 1. The quantitative estimate of drug-likeness (QED) is 0.408. The van der Waals surface area contributed by atoms with Crippen LogP contribution >= 0.6 is 0 Å². The summed E-state index contributed by atoms with van der Waals surface area (Å²) in [6.07, 6.45) is 3.14. The fraction of sp³-hybridized carbons (Fsp3) is 0.522. The Bertz CT molecular complexity index is 1210. The Morgan fingerprint density at radius 2 is 1.94 bits per heavy atom. The van der Waals surface area contributed by atoms with Crippen LogP contribution in [0.15, 0.2) is 29.1 Å². The standard InChI is InChI=1S/C23H30N6O4/c1-3-5-12-24-19(30)15-28-23(32)29-18-9-7-6-8-17(18)25-20(21(29)26-28)27-13-10-16(11-14-27)22(31)33-4-2/h6-9,16H,3-5,10-15H2,1-2H3,(H,24,30). The van der Waals surface area contributed by atoms with Crippen molar-refractivity contribution in [2.45, 2.75) is 46.1 Å². The summed E-state index contributed by atoms with van der Waals surface area (Å²) in [6, 6.07) is 7.38. The Labute approximate surface area is 191 Å². The third-order valence-corrected chi connectivity index (χ3v) is 5.95. The number of unbranched alkanes of at least 4 members (excludes halogenated alkanes) is 1. The predicted octanol–water partition coefficient (Wildman–Crippen LogP) is 1.74. The molecule has 0 saturated carbocycles. The van der Waals surface area contributed by atoms with Gasteiger partial charge in [-0.1, -0.05) is 25.5 Å². The maximum absolute atomic E-state index is 13.2. The molecule has 1 N–H and O–H groups in total. The average Bonchev–Trinajstić information content (AvgIpc) is 3.15. The van der Waals surface area contributed by atoms with Gasteiger partial charge in [-0.2, -0.15) is 0 Å². The molecule has 176 valence electrons. The summed E-state index contributed by atoms with van der Waals surface area (Å²) in [5, 5.41) is 7.33. The molecular weight excluding hydrogens is 424 g/mol. The second-order valence-corrected chi connectivity index (χ2v) is 8.24.